The summed E-state index contributed by atoms with van der Waals surface area (Å²) < 4.78 is 51.8. The first kappa shape index (κ1) is 23.9. The molecule has 2 rings (SSSR count). The smallest absolute Gasteiger partial charge is 0.494 e. The maximum atomic E-state index is 12.3. The monoisotopic (exact) mass is 436 g/mol. The molecule has 0 saturated heterocycles. The van der Waals surface area contributed by atoms with Gasteiger partial charge in [0.25, 0.3) is 0 Å². The largest absolute Gasteiger partial charge is 0.573 e. The van der Waals surface area contributed by atoms with Crippen molar-refractivity contribution in [1.82, 2.24) is 0 Å². The zero-order valence-corrected chi connectivity index (χ0v) is 17.4. The summed E-state index contributed by atoms with van der Waals surface area (Å²) in [6.07, 6.45) is -3.62. The quantitative estimate of drug-likeness (QED) is 0.447. The van der Waals surface area contributed by atoms with Crippen molar-refractivity contribution in [3.8, 4) is 29.1 Å². The minimum Gasteiger partial charge on any atom is -0.494 e. The minimum atomic E-state index is -4.74. The highest BCUT2D eigenvalue weighted by Gasteiger charge is 2.31. The van der Waals surface area contributed by atoms with Gasteiger partial charge in [-0.1, -0.05) is 17.9 Å². The van der Waals surface area contributed by atoms with Crippen LogP contribution in [-0.4, -0.2) is 29.6 Å². The number of halogens is 3. The molecule has 8 heteroatoms. The van der Waals surface area contributed by atoms with E-state index in [2.05, 4.69) is 16.6 Å². The lowest BCUT2D eigenvalue weighted by Crippen LogP contribution is -2.38. The van der Waals surface area contributed by atoms with Crippen molar-refractivity contribution in [3.05, 3.63) is 53.6 Å². The van der Waals surface area contributed by atoms with Crippen LogP contribution in [0.25, 0.3) is 0 Å². The minimum absolute atomic E-state index is 0.308. The van der Waals surface area contributed by atoms with Crippen molar-refractivity contribution >= 4 is 5.97 Å². The first-order chi connectivity index (χ1) is 14.5. The molecule has 0 aromatic heterocycles. The van der Waals surface area contributed by atoms with Gasteiger partial charge in [0.15, 0.2) is 5.60 Å². The number of unbranched alkanes of at least 4 members (excludes halogenated alkanes) is 1. The Morgan fingerprint density at radius 1 is 1.06 bits per heavy atom. The normalized spacial score (nSPS) is 11.3. The van der Waals surface area contributed by atoms with Crippen LogP contribution >= 0.6 is 0 Å². The lowest BCUT2D eigenvalue weighted by molar-refractivity contribution is -0.274. The van der Waals surface area contributed by atoms with Crippen LogP contribution in [0.4, 0.5) is 13.2 Å². The van der Waals surface area contributed by atoms with Crippen LogP contribution < -0.4 is 14.2 Å². The van der Waals surface area contributed by atoms with Crippen molar-refractivity contribution in [1.29, 1.82) is 0 Å². The van der Waals surface area contributed by atoms with Crippen molar-refractivity contribution in [2.45, 2.75) is 45.6 Å². The average Bonchev–Trinajstić information content (AvgIpc) is 2.65. The van der Waals surface area contributed by atoms with Gasteiger partial charge >= 0.3 is 12.3 Å². The van der Waals surface area contributed by atoms with E-state index in [0.717, 1.165) is 5.56 Å². The number of ether oxygens (including phenoxy) is 3. The summed E-state index contributed by atoms with van der Waals surface area (Å²) >= 11 is 0. The van der Waals surface area contributed by atoms with Crippen LogP contribution in [-0.2, 0) is 4.79 Å². The van der Waals surface area contributed by atoms with E-state index in [1.54, 1.807) is 31.2 Å². The second-order valence-electron chi connectivity index (χ2n) is 7.17. The standard InChI is InChI=1S/C23H23F3O5/c1-16-14-18(11-12-20(16)31-22(2,3)21(27)28)29-13-6-4-5-8-17-9-7-10-19(15-17)30-23(24,25)26/h7,9-12,14-15H,4,6,13H2,1-3H3,(H,27,28). The third kappa shape index (κ3) is 8.13. The Hall–Kier alpha value is -3.34. The number of benzene rings is 2. The Morgan fingerprint density at radius 2 is 1.81 bits per heavy atom. The zero-order valence-electron chi connectivity index (χ0n) is 17.4. The average molecular weight is 436 g/mol. The van der Waals surface area contributed by atoms with Gasteiger partial charge < -0.3 is 19.3 Å². The Morgan fingerprint density at radius 3 is 2.45 bits per heavy atom. The Kier molecular flexibility index (Phi) is 7.81. The molecule has 0 atom stereocenters. The van der Waals surface area contributed by atoms with E-state index in [1.807, 2.05) is 0 Å². The molecule has 0 aliphatic rings. The van der Waals surface area contributed by atoms with Crippen molar-refractivity contribution in [2.24, 2.45) is 0 Å². The highest BCUT2D eigenvalue weighted by molar-refractivity contribution is 5.76. The van der Waals surface area contributed by atoms with Gasteiger partial charge in [-0.25, -0.2) is 4.79 Å². The Balaban J connectivity index is 1.82. The molecule has 5 nitrogen and oxygen atoms in total. The Labute approximate surface area is 178 Å². The van der Waals surface area contributed by atoms with Gasteiger partial charge in [0.05, 0.1) is 6.61 Å². The van der Waals surface area contributed by atoms with Crippen molar-refractivity contribution in [3.63, 3.8) is 0 Å². The molecule has 0 amide bonds. The zero-order chi connectivity index (χ0) is 23.1. The number of aryl methyl sites for hydroxylation is 1. The summed E-state index contributed by atoms with van der Waals surface area (Å²) in [6, 6.07) is 10.6. The molecule has 0 saturated carbocycles. The molecule has 0 bridgehead atoms. The predicted molar refractivity (Wildman–Crippen MR) is 108 cm³/mol. The predicted octanol–water partition coefficient (Wildman–Crippen LogP) is 5.35. The SMILES string of the molecule is Cc1cc(OCCCC#Cc2cccc(OC(F)(F)F)c2)ccc1OC(C)(C)C(=O)O. The molecular formula is C23H23F3O5. The summed E-state index contributed by atoms with van der Waals surface area (Å²) in [6.45, 7) is 5.13. The number of carboxylic acids is 1. The number of carbonyl (C=O) groups is 1. The van der Waals surface area contributed by atoms with E-state index in [0.29, 0.717) is 36.5 Å². The third-order valence-corrected chi connectivity index (χ3v) is 4.04. The van der Waals surface area contributed by atoms with Crippen molar-refractivity contribution in [2.75, 3.05) is 6.61 Å². The highest BCUT2D eigenvalue weighted by atomic mass is 19.4. The van der Waals surface area contributed by atoms with Gasteiger partial charge in [0.1, 0.15) is 17.2 Å². The fourth-order valence-electron chi connectivity index (χ4n) is 2.43. The number of aliphatic carboxylic acids is 1. The van der Waals surface area contributed by atoms with E-state index < -0.39 is 17.9 Å². The van der Waals surface area contributed by atoms with Crippen LogP contribution in [0.2, 0.25) is 0 Å². The van der Waals surface area contributed by atoms with E-state index in [-0.39, 0.29) is 5.75 Å². The van der Waals surface area contributed by atoms with Crippen LogP contribution in [0, 0.1) is 18.8 Å². The molecule has 0 aliphatic carbocycles. The van der Waals surface area contributed by atoms with Crippen LogP contribution in [0.1, 0.15) is 37.8 Å². The molecule has 0 aliphatic heterocycles. The number of carboxylic acid groups (broad SMARTS) is 1. The number of hydrogen-bond acceptors (Lipinski definition) is 4. The molecule has 31 heavy (non-hydrogen) atoms. The van der Waals surface area contributed by atoms with Gasteiger partial charge in [0, 0.05) is 12.0 Å². The first-order valence-electron chi connectivity index (χ1n) is 9.47. The number of hydrogen-bond donors (Lipinski definition) is 1. The van der Waals surface area contributed by atoms with Crippen LogP contribution in [0.15, 0.2) is 42.5 Å². The summed E-state index contributed by atoms with van der Waals surface area (Å²) in [5.41, 5.74) is -0.171. The van der Waals surface area contributed by atoms with Crippen LogP contribution in [0.5, 0.6) is 17.2 Å². The number of alkyl halides is 3. The molecule has 166 valence electrons. The summed E-state index contributed by atoms with van der Waals surface area (Å²) in [5.74, 6) is 5.40. The molecule has 0 unspecified atom stereocenters. The van der Waals surface area contributed by atoms with E-state index >= 15 is 0 Å². The van der Waals surface area contributed by atoms with Crippen molar-refractivity contribution < 1.29 is 37.3 Å². The lowest BCUT2D eigenvalue weighted by Gasteiger charge is -2.23. The molecule has 2 aromatic carbocycles. The number of rotatable bonds is 8. The van der Waals surface area contributed by atoms with E-state index in [9.17, 15) is 18.0 Å². The van der Waals surface area contributed by atoms with E-state index in [1.165, 1.54) is 32.0 Å². The fourth-order valence-corrected chi connectivity index (χ4v) is 2.43. The highest BCUT2D eigenvalue weighted by Crippen LogP contribution is 2.27. The fraction of sp³-hybridized carbons (Fsp3) is 0.348. The molecule has 0 radical (unpaired) electrons. The molecule has 0 fully saturated rings. The topological polar surface area (TPSA) is 65.0 Å². The van der Waals surface area contributed by atoms with Gasteiger partial charge in [-0.05, 0) is 69.2 Å². The summed E-state index contributed by atoms with van der Waals surface area (Å²) in [4.78, 5) is 11.2. The van der Waals surface area contributed by atoms with Gasteiger partial charge in [0.2, 0.25) is 0 Å². The maximum Gasteiger partial charge on any atom is 0.573 e. The first-order valence-corrected chi connectivity index (χ1v) is 9.47. The molecule has 0 spiro atoms. The lowest BCUT2D eigenvalue weighted by atomic mass is 10.1. The molecular weight excluding hydrogens is 413 g/mol. The second kappa shape index (κ2) is 10.1. The van der Waals surface area contributed by atoms with Gasteiger partial charge in [-0.3, -0.25) is 0 Å². The second-order valence-corrected chi connectivity index (χ2v) is 7.17. The third-order valence-electron chi connectivity index (χ3n) is 4.04. The molecule has 2 aromatic rings. The molecule has 1 N–H and O–H groups in total. The van der Waals surface area contributed by atoms with Gasteiger partial charge in [-0.15, -0.1) is 13.2 Å². The Bertz CT molecular complexity index is 971. The maximum absolute atomic E-state index is 12.3. The molecule has 0 heterocycles. The summed E-state index contributed by atoms with van der Waals surface area (Å²) in [5, 5.41) is 9.15. The summed E-state index contributed by atoms with van der Waals surface area (Å²) in [7, 11) is 0. The van der Waals surface area contributed by atoms with E-state index in [4.69, 9.17) is 14.6 Å². The van der Waals surface area contributed by atoms with Crippen LogP contribution in [0.3, 0.4) is 0 Å². The van der Waals surface area contributed by atoms with Gasteiger partial charge in [-0.2, -0.15) is 0 Å².